The molecule has 4 nitrogen and oxygen atoms in total. The van der Waals surface area contributed by atoms with Crippen molar-refractivity contribution in [2.24, 2.45) is 0 Å². The smallest absolute Gasteiger partial charge is 0.161 e. The van der Waals surface area contributed by atoms with Crippen LogP contribution in [0, 0.1) is 0 Å². The van der Waals surface area contributed by atoms with Gasteiger partial charge in [0.1, 0.15) is 25.4 Å². The Bertz CT molecular complexity index is 956. The molecule has 29 heavy (non-hydrogen) atoms. The van der Waals surface area contributed by atoms with Gasteiger partial charge in [0, 0.05) is 17.5 Å². The zero-order valence-corrected chi connectivity index (χ0v) is 17.1. The second-order valence-corrected chi connectivity index (χ2v) is 7.50. The summed E-state index contributed by atoms with van der Waals surface area (Å²) in [6.45, 7) is 3.68. The Labute approximate surface area is 172 Å². The van der Waals surface area contributed by atoms with Crippen molar-refractivity contribution in [2.45, 2.75) is 26.1 Å². The maximum atomic E-state index is 5.99. The molecule has 3 aromatic carbocycles. The lowest BCUT2D eigenvalue weighted by Gasteiger charge is -2.27. The molecular weight excluding hydrogens is 362 g/mol. The second-order valence-electron chi connectivity index (χ2n) is 7.50. The zero-order valence-electron chi connectivity index (χ0n) is 17.1. The van der Waals surface area contributed by atoms with Gasteiger partial charge in [-0.1, -0.05) is 42.5 Å². The number of hydrogen-bond acceptors (Lipinski definition) is 3. The quantitative estimate of drug-likeness (QED) is 0.671. The van der Waals surface area contributed by atoms with Crippen LogP contribution < -0.4 is 19.1 Å². The highest BCUT2D eigenvalue weighted by molar-refractivity contribution is 5.47. The molecule has 0 saturated carbocycles. The Morgan fingerprint density at radius 3 is 2.28 bits per heavy atom. The van der Waals surface area contributed by atoms with E-state index >= 15 is 0 Å². The standard InChI is InChI=1S/C25H27NO3/c1-27-24-14-21-11-12-26(17-22(21)15-25(24)28-2)16-20-9-6-10-23(13-20)29-18-19-7-4-3-5-8-19/h3-10,13-15H,11-12,16-18H2,1-2H3/p+1. The summed E-state index contributed by atoms with van der Waals surface area (Å²) in [5, 5.41) is 0. The molecule has 1 unspecified atom stereocenters. The van der Waals surface area contributed by atoms with E-state index in [0.29, 0.717) is 6.61 Å². The van der Waals surface area contributed by atoms with E-state index in [1.54, 1.807) is 19.1 Å². The fourth-order valence-electron chi connectivity index (χ4n) is 3.96. The van der Waals surface area contributed by atoms with E-state index in [1.807, 2.05) is 24.3 Å². The van der Waals surface area contributed by atoms with Gasteiger partial charge >= 0.3 is 0 Å². The van der Waals surface area contributed by atoms with Crippen LogP contribution in [-0.2, 0) is 26.1 Å². The third kappa shape index (κ3) is 4.72. The van der Waals surface area contributed by atoms with Gasteiger partial charge in [-0.15, -0.1) is 0 Å². The summed E-state index contributed by atoms with van der Waals surface area (Å²) in [7, 11) is 3.39. The van der Waals surface area contributed by atoms with Crippen molar-refractivity contribution >= 4 is 0 Å². The molecule has 4 rings (SSSR count). The average molecular weight is 391 g/mol. The van der Waals surface area contributed by atoms with Crippen LogP contribution in [0.5, 0.6) is 17.2 Å². The predicted molar refractivity (Wildman–Crippen MR) is 114 cm³/mol. The van der Waals surface area contributed by atoms with Gasteiger partial charge in [-0.25, -0.2) is 0 Å². The SMILES string of the molecule is COc1cc2c(cc1OC)C[NH+](Cc1cccc(OCc3ccccc3)c1)CC2. The molecule has 1 N–H and O–H groups in total. The van der Waals surface area contributed by atoms with Crippen LogP contribution in [0.2, 0.25) is 0 Å². The van der Waals surface area contributed by atoms with Gasteiger partial charge in [-0.2, -0.15) is 0 Å². The first-order chi connectivity index (χ1) is 14.2. The Morgan fingerprint density at radius 1 is 0.793 bits per heavy atom. The van der Waals surface area contributed by atoms with Crippen LogP contribution in [0.25, 0.3) is 0 Å². The maximum Gasteiger partial charge on any atom is 0.161 e. The highest BCUT2D eigenvalue weighted by atomic mass is 16.5. The monoisotopic (exact) mass is 390 g/mol. The van der Waals surface area contributed by atoms with Crippen molar-refractivity contribution in [3.63, 3.8) is 0 Å². The van der Waals surface area contributed by atoms with Crippen LogP contribution in [0.1, 0.15) is 22.3 Å². The van der Waals surface area contributed by atoms with Crippen LogP contribution in [-0.4, -0.2) is 20.8 Å². The second kappa shape index (κ2) is 9.01. The summed E-state index contributed by atoms with van der Waals surface area (Å²) < 4.78 is 16.9. The summed E-state index contributed by atoms with van der Waals surface area (Å²) in [4.78, 5) is 1.55. The van der Waals surface area contributed by atoms with Crippen molar-refractivity contribution in [2.75, 3.05) is 20.8 Å². The van der Waals surface area contributed by atoms with E-state index in [-0.39, 0.29) is 0 Å². The highest BCUT2D eigenvalue weighted by Gasteiger charge is 2.22. The predicted octanol–water partition coefficient (Wildman–Crippen LogP) is 3.42. The molecule has 4 heteroatoms. The Kier molecular flexibility index (Phi) is 6.01. The average Bonchev–Trinajstić information content (AvgIpc) is 2.77. The van der Waals surface area contributed by atoms with E-state index in [2.05, 4.69) is 42.5 Å². The Balaban J connectivity index is 1.41. The normalized spacial score (nSPS) is 15.4. The minimum atomic E-state index is 0.593. The zero-order chi connectivity index (χ0) is 20.1. The van der Waals surface area contributed by atoms with Gasteiger partial charge in [0.15, 0.2) is 11.5 Å². The third-order valence-corrected chi connectivity index (χ3v) is 5.50. The Hall–Kier alpha value is -2.98. The number of fused-ring (bicyclic) bond motifs is 1. The van der Waals surface area contributed by atoms with Gasteiger partial charge in [0.05, 0.1) is 20.8 Å². The Morgan fingerprint density at radius 2 is 1.52 bits per heavy atom. The molecule has 0 radical (unpaired) electrons. The summed E-state index contributed by atoms with van der Waals surface area (Å²) in [5.74, 6) is 2.55. The molecular formula is C25H28NO3+. The highest BCUT2D eigenvalue weighted by Crippen LogP contribution is 2.31. The van der Waals surface area contributed by atoms with Crippen molar-refractivity contribution in [3.8, 4) is 17.2 Å². The number of rotatable bonds is 7. The van der Waals surface area contributed by atoms with Crippen molar-refractivity contribution in [1.82, 2.24) is 0 Å². The number of quaternary nitrogens is 1. The van der Waals surface area contributed by atoms with Crippen molar-refractivity contribution in [3.05, 3.63) is 89.0 Å². The molecule has 1 atom stereocenters. The summed E-state index contributed by atoms with van der Waals surface area (Å²) in [5.41, 5.74) is 5.20. The first-order valence-electron chi connectivity index (χ1n) is 10.1. The van der Waals surface area contributed by atoms with E-state index < -0.39 is 0 Å². The molecule has 0 bridgehead atoms. The minimum absolute atomic E-state index is 0.593. The fraction of sp³-hybridized carbons (Fsp3) is 0.280. The van der Waals surface area contributed by atoms with E-state index in [9.17, 15) is 0 Å². The number of hydrogen-bond donors (Lipinski definition) is 1. The topological polar surface area (TPSA) is 32.1 Å². The molecule has 1 aliphatic heterocycles. The maximum absolute atomic E-state index is 5.99. The molecule has 1 heterocycles. The van der Waals surface area contributed by atoms with Gasteiger partial charge in [0.25, 0.3) is 0 Å². The summed E-state index contributed by atoms with van der Waals surface area (Å²) in [6.07, 6.45) is 1.05. The molecule has 0 aliphatic carbocycles. The van der Waals surface area contributed by atoms with Crippen LogP contribution >= 0.6 is 0 Å². The molecule has 0 spiro atoms. The molecule has 0 fully saturated rings. The molecule has 150 valence electrons. The van der Waals surface area contributed by atoms with Crippen LogP contribution in [0.15, 0.2) is 66.7 Å². The molecule has 3 aromatic rings. The molecule has 0 saturated heterocycles. The lowest BCUT2D eigenvalue weighted by Crippen LogP contribution is -3.10. The van der Waals surface area contributed by atoms with Gasteiger partial charge in [-0.3, -0.25) is 0 Å². The van der Waals surface area contributed by atoms with E-state index in [0.717, 1.165) is 43.3 Å². The number of benzene rings is 3. The van der Waals surface area contributed by atoms with E-state index in [4.69, 9.17) is 14.2 Å². The van der Waals surface area contributed by atoms with Crippen molar-refractivity contribution in [1.29, 1.82) is 0 Å². The lowest BCUT2D eigenvalue weighted by atomic mass is 9.98. The lowest BCUT2D eigenvalue weighted by molar-refractivity contribution is -0.929. The summed E-state index contributed by atoms with van der Waals surface area (Å²) in [6, 6.07) is 23.0. The van der Waals surface area contributed by atoms with Gasteiger partial charge < -0.3 is 19.1 Å². The molecule has 1 aliphatic rings. The largest absolute Gasteiger partial charge is 0.493 e. The fourth-order valence-corrected chi connectivity index (χ4v) is 3.96. The molecule has 0 aromatic heterocycles. The minimum Gasteiger partial charge on any atom is -0.493 e. The van der Waals surface area contributed by atoms with Crippen LogP contribution in [0.4, 0.5) is 0 Å². The molecule has 0 amide bonds. The first-order valence-corrected chi connectivity index (χ1v) is 10.1. The van der Waals surface area contributed by atoms with Gasteiger partial charge in [0.2, 0.25) is 0 Å². The van der Waals surface area contributed by atoms with Crippen molar-refractivity contribution < 1.29 is 19.1 Å². The number of nitrogens with one attached hydrogen (secondary N) is 1. The number of methoxy groups -OCH3 is 2. The first kappa shape index (κ1) is 19.3. The summed E-state index contributed by atoms with van der Waals surface area (Å²) >= 11 is 0. The third-order valence-electron chi connectivity index (χ3n) is 5.50. The number of ether oxygens (including phenoxy) is 3. The van der Waals surface area contributed by atoms with E-state index in [1.165, 1.54) is 22.3 Å². The van der Waals surface area contributed by atoms with Crippen LogP contribution in [0.3, 0.4) is 0 Å². The van der Waals surface area contributed by atoms with Gasteiger partial charge in [-0.05, 0) is 35.4 Å².